The molecule has 0 atom stereocenters. The number of halogens is 2. The smallest absolute Gasteiger partial charge is 0.254 e. The fourth-order valence-corrected chi connectivity index (χ4v) is 2.52. The van der Waals surface area contributed by atoms with Gasteiger partial charge >= 0.3 is 0 Å². The molecule has 0 unspecified atom stereocenters. The maximum atomic E-state index is 12.1. The van der Waals surface area contributed by atoms with Crippen LogP contribution in [0.5, 0.6) is 0 Å². The van der Waals surface area contributed by atoms with E-state index in [-0.39, 0.29) is 5.91 Å². The second-order valence-corrected chi connectivity index (χ2v) is 5.09. The molecule has 1 aliphatic rings. The van der Waals surface area contributed by atoms with Crippen molar-refractivity contribution in [1.82, 2.24) is 4.90 Å². The minimum atomic E-state index is 0.111. The molecule has 0 aromatic heterocycles. The van der Waals surface area contributed by atoms with Gasteiger partial charge in [0.25, 0.3) is 5.91 Å². The molecule has 0 aliphatic carbocycles. The lowest BCUT2D eigenvalue weighted by molar-refractivity contribution is 0.0792. The number of carbonyl (C=O) groups is 1. The predicted octanol–water partition coefficient (Wildman–Crippen LogP) is 3.18. The van der Waals surface area contributed by atoms with E-state index < -0.39 is 0 Å². The second-order valence-electron chi connectivity index (χ2n) is 3.60. The van der Waals surface area contributed by atoms with Crippen LogP contribution >= 0.6 is 34.2 Å². The molecule has 1 aromatic rings. The Morgan fingerprint density at radius 1 is 1.33 bits per heavy atom. The molecule has 1 aliphatic heterocycles. The topological polar surface area (TPSA) is 20.3 Å². The molecule has 1 amide bonds. The Morgan fingerprint density at radius 3 is 2.67 bits per heavy atom. The number of rotatable bonds is 1. The van der Waals surface area contributed by atoms with Gasteiger partial charge in [-0.05, 0) is 47.6 Å². The molecule has 2 nitrogen and oxygen atoms in total. The Balaban J connectivity index is 2.28. The molecular formula is C11H11ClINO. The summed E-state index contributed by atoms with van der Waals surface area (Å²) in [6.07, 6.45) is 2.23. The highest BCUT2D eigenvalue weighted by Gasteiger charge is 2.21. The molecule has 0 saturated carbocycles. The summed E-state index contributed by atoms with van der Waals surface area (Å²) in [6, 6.07) is 5.48. The van der Waals surface area contributed by atoms with Gasteiger partial charge in [-0.3, -0.25) is 4.79 Å². The SMILES string of the molecule is O=C(c1cccc(Cl)c1I)N1CCCC1. The van der Waals surface area contributed by atoms with E-state index in [1.54, 1.807) is 0 Å². The fourth-order valence-electron chi connectivity index (χ4n) is 1.76. The number of benzene rings is 1. The summed E-state index contributed by atoms with van der Waals surface area (Å²) >= 11 is 8.11. The minimum Gasteiger partial charge on any atom is -0.339 e. The molecule has 1 saturated heterocycles. The molecule has 15 heavy (non-hydrogen) atoms. The normalized spacial score (nSPS) is 15.7. The Morgan fingerprint density at radius 2 is 2.00 bits per heavy atom. The van der Waals surface area contributed by atoms with Crippen molar-refractivity contribution in [1.29, 1.82) is 0 Å². The number of carbonyl (C=O) groups excluding carboxylic acids is 1. The third kappa shape index (κ3) is 2.28. The van der Waals surface area contributed by atoms with Crippen molar-refractivity contribution in [3.05, 3.63) is 32.4 Å². The van der Waals surface area contributed by atoms with E-state index in [1.165, 1.54) is 0 Å². The lowest BCUT2D eigenvalue weighted by Gasteiger charge is -2.16. The summed E-state index contributed by atoms with van der Waals surface area (Å²) in [5.74, 6) is 0.111. The van der Waals surface area contributed by atoms with E-state index in [1.807, 2.05) is 23.1 Å². The number of amides is 1. The van der Waals surface area contributed by atoms with Gasteiger partial charge in [-0.25, -0.2) is 0 Å². The summed E-state index contributed by atoms with van der Waals surface area (Å²) in [7, 11) is 0. The van der Waals surface area contributed by atoms with Crippen LogP contribution in [0.2, 0.25) is 5.02 Å². The van der Waals surface area contributed by atoms with Crippen molar-refractivity contribution in [2.75, 3.05) is 13.1 Å². The summed E-state index contributed by atoms with van der Waals surface area (Å²) < 4.78 is 0.855. The zero-order chi connectivity index (χ0) is 10.8. The summed E-state index contributed by atoms with van der Waals surface area (Å²) in [6.45, 7) is 1.75. The lowest BCUT2D eigenvalue weighted by Crippen LogP contribution is -2.28. The Bertz CT molecular complexity index is 388. The maximum absolute atomic E-state index is 12.1. The first-order valence-electron chi connectivity index (χ1n) is 4.93. The monoisotopic (exact) mass is 335 g/mol. The average molecular weight is 336 g/mol. The molecule has 0 radical (unpaired) electrons. The van der Waals surface area contributed by atoms with E-state index in [0.717, 1.165) is 35.1 Å². The van der Waals surface area contributed by atoms with Crippen molar-refractivity contribution < 1.29 is 4.79 Å². The Kier molecular flexibility index (Phi) is 3.51. The summed E-state index contributed by atoms with van der Waals surface area (Å²) in [5, 5.41) is 0.653. The van der Waals surface area contributed by atoms with Crippen molar-refractivity contribution in [3.8, 4) is 0 Å². The van der Waals surface area contributed by atoms with Crippen molar-refractivity contribution >= 4 is 40.1 Å². The molecule has 0 bridgehead atoms. The van der Waals surface area contributed by atoms with Gasteiger partial charge in [-0.1, -0.05) is 17.7 Å². The highest BCUT2D eigenvalue weighted by molar-refractivity contribution is 14.1. The van der Waals surface area contributed by atoms with Crippen LogP contribution in [0.25, 0.3) is 0 Å². The van der Waals surface area contributed by atoms with Crippen LogP contribution in [0.1, 0.15) is 23.2 Å². The molecule has 0 N–H and O–H groups in total. The predicted molar refractivity (Wildman–Crippen MR) is 69.3 cm³/mol. The first-order chi connectivity index (χ1) is 7.20. The van der Waals surface area contributed by atoms with Crippen molar-refractivity contribution in [2.45, 2.75) is 12.8 Å². The molecule has 1 heterocycles. The third-order valence-electron chi connectivity index (χ3n) is 2.58. The van der Waals surface area contributed by atoms with Gasteiger partial charge in [0.05, 0.1) is 10.6 Å². The van der Waals surface area contributed by atoms with E-state index in [2.05, 4.69) is 22.6 Å². The number of hydrogen-bond donors (Lipinski definition) is 0. The van der Waals surface area contributed by atoms with E-state index >= 15 is 0 Å². The van der Waals surface area contributed by atoms with Crippen LogP contribution in [0.4, 0.5) is 0 Å². The van der Waals surface area contributed by atoms with Gasteiger partial charge in [0.15, 0.2) is 0 Å². The van der Waals surface area contributed by atoms with Gasteiger partial charge < -0.3 is 4.90 Å². The van der Waals surface area contributed by atoms with Crippen molar-refractivity contribution in [2.24, 2.45) is 0 Å². The molecular weight excluding hydrogens is 324 g/mol. The largest absolute Gasteiger partial charge is 0.339 e. The van der Waals surface area contributed by atoms with Crippen LogP contribution in [-0.2, 0) is 0 Å². The lowest BCUT2D eigenvalue weighted by atomic mass is 10.2. The molecule has 1 aromatic carbocycles. The van der Waals surface area contributed by atoms with Crippen LogP contribution in [0.15, 0.2) is 18.2 Å². The van der Waals surface area contributed by atoms with E-state index in [9.17, 15) is 4.79 Å². The third-order valence-corrected chi connectivity index (χ3v) is 4.37. The average Bonchev–Trinajstić information content (AvgIpc) is 2.74. The van der Waals surface area contributed by atoms with Gasteiger partial charge in [0.1, 0.15) is 0 Å². The standard InChI is InChI=1S/C11H11ClINO/c12-9-5-3-4-8(10(9)13)11(15)14-6-1-2-7-14/h3-5H,1-2,6-7H2. The van der Waals surface area contributed by atoms with Gasteiger partial charge in [0, 0.05) is 16.7 Å². The van der Waals surface area contributed by atoms with Crippen LogP contribution in [-0.4, -0.2) is 23.9 Å². The minimum absolute atomic E-state index is 0.111. The first kappa shape index (κ1) is 11.2. The van der Waals surface area contributed by atoms with E-state index in [0.29, 0.717) is 5.02 Å². The number of nitrogens with zero attached hydrogens (tertiary/aromatic N) is 1. The Hall–Kier alpha value is -0.290. The van der Waals surface area contributed by atoms with Gasteiger partial charge in [0.2, 0.25) is 0 Å². The fraction of sp³-hybridized carbons (Fsp3) is 0.364. The molecule has 4 heteroatoms. The summed E-state index contributed by atoms with van der Waals surface area (Å²) in [5.41, 5.74) is 0.727. The van der Waals surface area contributed by atoms with Crippen LogP contribution in [0, 0.1) is 3.57 Å². The quantitative estimate of drug-likeness (QED) is 0.722. The maximum Gasteiger partial charge on any atom is 0.254 e. The first-order valence-corrected chi connectivity index (χ1v) is 6.39. The van der Waals surface area contributed by atoms with Crippen LogP contribution in [0.3, 0.4) is 0 Å². The zero-order valence-electron chi connectivity index (χ0n) is 8.17. The number of hydrogen-bond acceptors (Lipinski definition) is 1. The highest BCUT2D eigenvalue weighted by atomic mass is 127. The second kappa shape index (κ2) is 4.70. The molecule has 0 spiro atoms. The highest BCUT2D eigenvalue weighted by Crippen LogP contribution is 2.24. The van der Waals surface area contributed by atoms with Crippen molar-refractivity contribution in [3.63, 3.8) is 0 Å². The zero-order valence-corrected chi connectivity index (χ0v) is 11.1. The molecule has 2 rings (SSSR count). The van der Waals surface area contributed by atoms with E-state index in [4.69, 9.17) is 11.6 Å². The number of likely N-dealkylation sites (tertiary alicyclic amines) is 1. The van der Waals surface area contributed by atoms with Crippen LogP contribution < -0.4 is 0 Å². The molecule has 80 valence electrons. The van der Waals surface area contributed by atoms with Gasteiger partial charge in [-0.2, -0.15) is 0 Å². The Labute approximate surface area is 108 Å². The summed E-state index contributed by atoms with van der Waals surface area (Å²) in [4.78, 5) is 14.0. The molecule has 1 fully saturated rings. The van der Waals surface area contributed by atoms with Gasteiger partial charge in [-0.15, -0.1) is 0 Å².